The van der Waals surface area contributed by atoms with Crippen molar-refractivity contribution in [1.82, 2.24) is 5.32 Å². The Morgan fingerprint density at radius 3 is 2.40 bits per heavy atom. The molecule has 10 heteroatoms. The molecule has 0 radical (unpaired) electrons. The van der Waals surface area contributed by atoms with Crippen LogP contribution in [0, 0.1) is 0 Å². The Bertz CT molecular complexity index is 636. The lowest BCUT2D eigenvalue weighted by Gasteiger charge is -2.04. The predicted octanol–water partition coefficient (Wildman–Crippen LogP) is -0.755. The summed E-state index contributed by atoms with van der Waals surface area (Å²) in [7, 11) is -1.70. The highest BCUT2D eigenvalue weighted by Crippen LogP contribution is 2.35. The van der Waals surface area contributed by atoms with Crippen molar-refractivity contribution in [3.8, 4) is 0 Å². The normalized spacial score (nSPS) is 11.1. The predicted molar refractivity (Wildman–Crippen MR) is 78.8 cm³/mol. The molecule has 0 saturated carbocycles. The number of nitrogen functional groups attached to an aromatic ring is 1. The molecule has 2 amide bonds. The molecule has 112 valence electrons. The molecule has 20 heavy (non-hydrogen) atoms. The third-order valence-corrected chi connectivity index (χ3v) is 4.49. The molecule has 0 spiro atoms. The second-order valence-electron chi connectivity index (χ2n) is 4.05. The van der Waals surface area contributed by atoms with E-state index in [1.807, 2.05) is 0 Å². The number of carbonyl (C=O) groups excluding carboxylic acids is 2. The Balaban J connectivity index is 3.06. The van der Waals surface area contributed by atoms with Crippen molar-refractivity contribution in [1.29, 1.82) is 0 Å². The van der Waals surface area contributed by atoms with Crippen LogP contribution in [0.25, 0.3) is 0 Å². The van der Waals surface area contributed by atoms with Crippen LogP contribution < -0.4 is 22.1 Å². The van der Waals surface area contributed by atoms with Crippen molar-refractivity contribution >= 4 is 43.7 Å². The molecule has 0 aliphatic heterocycles. The Morgan fingerprint density at radius 2 is 1.95 bits per heavy atom. The van der Waals surface area contributed by atoms with Gasteiger partial charge in [-0.15, -0.1) is 11.3 Å². The van der Waals surface area contributed by atoms with Crippen LogP contribution >= 0.6 is 11.3 Å². The Labute approximate surface area is 120 Å². The molecule has 0 aromatic carbocycles. The third-order valence-electron chi connectivity index (χ3n) is 2.38. The van der Waals surface area contributed by atoms with Crippen LogP contribution in [0.4, 0.5) is 10.7 Å². The number of hydrogen-bond donors (Lipinski definition) is 4. The average Bonchev–Trinajstić information content (AvgIpc) is 2.63. The number of nitrogens with two attached hydrogens (primary N) is 2. The van der Waals surface area contributed by atoms with Crippen molar-refractivity contribution in [2.75, 3.05) is 36.7 Å². The molecule has 0 saturated heterocycles. The molecule has 0 aliphatic rings. The lowest BCUT2D eigenvalue weighted by molar-refractivity contribution is 0.0967. The zero-order chi connectivity index (χ0) is 15.5. The van der Waals surface area contributed by atoms with Crippen LogP contribution in [-0.4, -0.2) is 45.8 Å². The number of thiophene rings is 1. The van der Waals surface area contributed by atoms with Gasteiger partial charge in [-0.05, 0) is 0 Å². The quantitative estimate of drug-likeness (QED) is 0.542. The van der Waals surface area contributed by atoms with Crippen LogP contribution in [0.5, 0.6) is 0 Å². The van der Waals surface area contributed by atoms with Crippen LogP contribution in [0.3, 0.4) is 0 Å². The van der Waals surface area contributed by atoms with Crippen LogP contribution in [0.2, 0.25) is 0 Å². The minimum atomic E-state index is -3.14. The number of carbonyl (C=O) groups is 2. The molecule has 8 nitrogen and oxygen atoms in total. The van der Waals surface area contributed by atoms with Gasteiger partial charge in [-0.2, -0.15) is 0 Å². The largest absolute Gasteiger partial charge is 0.397 e. The number of hydrogen-bond acceptors (Lipinski definition) is 7. The van der Waals surface area contributed by atoms with Gasteiger partial charge in [-0.1, -0.05) is 0 Å². The number of rotatable bonds is 6. The monoisotopic (exact) mass is 320 g/mol. The number of sulfone groups is 1. The average molecular weight is 320 g/mol. The van der Waals surface area contributed by atoms with Gasteiger partial charge in [0.25, 0.3) is 11.8 Å². The highest BCUT2D eigenvalue weighted by Gasteiger charge is 2.23. The van der Waals surface area contributed by atoms with Gasteiger partial charge in [0.1, 0.15) is 19.7 Å². The minimum absolute atomic E-state index is 0.00195. The first-order valence-corrected chi connectivity index (χ1v) is 8.40. The molecule has 0 aliphatic carbocycles. The first-order chi connectivity index (χ1) is 9.17. The van der Waals surface area contributed by atoms with Gasteiger partial charge in [0, 0.05) is 19.8 Å². The lowest BCUT2D eigenvalue weighted by atomic mass is 10.2. The molecule has 1 rings (SSSR count). The highest BCUT2D eigenvalue weighted by atomic mass is 32.2. The molecule has 6 N–H and O–H groups in total. The number of nitrogens with one attached hydrogen (secondary N) is 2. The van der Waals surface area contributed by atoms with Crippen molar-refractivity contribution in [2.24, 2.45) is 5.73 Å². The van der Waals surface area contributed by atoms with E-state index in [1.165, 1.54) is 7.05 Å². The second kappa shape index (κ2) is 6.09. The van der Waals surface area contributed by atoms with Gasteiger partial charge < -0.3 is 22.1 Å². The number of amides is 2. The Morgan fingerprint density at radius 1 is 1.35 bits per heavy atom. The molecule has 0 fully saturated rings. The molecule has 0 unspecified atom stereocenters. The van der Waals surface area contributed by atoms with E-state index < -0.39 is 21.7 Å². The summed E-state index contributed by atoms with van der Waals surface area (Å²) in [5.74, 6) is -1.33. The fraction of sp³-hybridized carbons (Fsp3) is 0.400. The summed E-state index contributed by atoms with van der Waals surface area (Å²) in [5, 5.41) is 5.46. The second-order valence-corrected chi connectivity index (χ2v) is 7.33. The number of anilines is 2. The van der Waals surface area contributed by atoms with E-state index in [1.54, 1.807) is 0 Å². The summed E-state index contributed by atoms with van der Waals surface area (Å²) in [4.78, 5) is 23.1. The first-order valence-electron chi connectivity index (χ1n) is 5.53. The van der Waals surface area contributed by atoms with Crippen LogP contribution in [0.1, 0.15) is 20.0 Å². The molecule has 1 aromatic rings. The van der Waals surface area contributed by atoms with E-state index in [0.29, 0.717) is 0 Å². The summed E-state index contributed by atoms with van der Waals surface area (Å²) < 4.78 is 22.1. The smallest absolute Gasteiger partial charge is 0.263 e. The minimum Gasteiger partial charge on any atom is -0.397 e. The molecule has 1 aromatic heterocycles. The summed E-state index contributed by atoms with van der Waals surface area (Å²) >= 11 is 0.954. The summed E-state index contributed by atoms with van der Waals surface area (Å²) in [6.07, 6.45) is 1.10. The van der Waals surface area contributed by atoms with Gasteiger partial charge in [-0.3, -0.25) is 9.59 Å². The van der Waals surface area contributed by atoms with E-state index in [2.05, 4.69) is 10.6 Å². The molecular formula is C10H16N4O4S2. The zero-order valence-electron chi connectivity index (χ0n) is 11.0. The maximum atomic E-state index is 11.6. The van der Waals surface area contributed by atoms with Gasteiger partial charge in [0.15, 0.2) is 0 Å². The van der Waals surface area contributed by atoms with E-state index >= 15 is 0 Å². The van der Waals surface area contributed by atoms with Crippen molar-refractivity contribution < 1.29 is 18.0 Å². The van der Waals surface area contributed by atoms with Crippen molar-refractivity contribution in [2.45, 2.75) is 0 Å². The first kappa shape index (κ1) is 16.2. The fourth-order valence-corrected chi connectivity index (χ4v) is 3.02. The van der Waals surface area contributed by atoms with Gasteiger partial charge >= 0.3 is 0 Å². The zero-order valence-corrected chi connectivity index (χ0v) is 12.7. The fourth-order valence-electron chi connectivity index (χ4n) is 1.45. The maximum Gasteiger partial charge on any atom is 0.263 e. The van der Waals surface area contributed by atoms with E-state index in [0.717, 1.165) is 17.6 Å². The van der Waals surface area contributed by atoms with Crippen molar-refractivity contribution in [3.05, 3.63) is 10.4 Å². The molecule has 0 atom stereocenters. The van der Waals surface area contributed by atoms with Crippen LogP contribution in [0.15, 0.2) is 0 Å². The summed E-state index contributed by atoms with van der Waals surface area (Å²) in [6, 6.07) is 0. The summed E-state index contributed by atoms with van der Waals surface area (Å²) in [6.45, 7) is 0.0895. The summed E-state index contributed by atoms with van der Waals surface area (Å²) in [5.41, 5.74) is 10.9. The van der Waals surface area contributed by atoms with E-state index in [4.69, 9.17) is 11.5 Å². The molecule has 1 heterocycles. The van der Waals surface area contributed by atoms with Gasteiger partial charge in [0.05, 0.1) is 17.0 Å². The Hall–Kier alpha value is -1.81. The third kappa shape index (κ3) is 3.84. The lowest BCUT2D eigenvalue weighted by Crippen LogP contribution is -2.19. The molecular weight excluding hydrogens is 304 g/mol. The van der Waals surface area contributed by atoms with E-state index in [9.17, 15) is 18.0 Å². The van der Waals surface area contributed by atoms with Crippen LogP contribution in [-0.2, 0) is 9.84 Å². The molecule has 0 bridgehead atoms. The maximum absolute atomic E-state index is 11.6. The van der Waals surface area contributed by atoms with Gasteiger partial charge in [-0.25, -0.2) is 8.42 Å². The van der Waals surface area contributed by atoms with Crippen molar-refractivity contribution in [3.63, 3.8) is 0 Å². The topological polar surface area (TPSA) is 144 Å². The Kier molecular flexibility index (Phi) is 4.95. The van der Waals surface area contributed by atoms with Gasteiger partial charge in [0.2, 0.25) is 0 Å². The standard InChI is InChI=1S/C10H16N4O4S2/c1-13-9(16)7-6(11)5(8(12)15)10(19-7)14-3-4-20(2,17)18/h14H,3-4,11H2,1-2H3,(H2,12,15)(H,13,16). The number of primary amides is 1. The van der Waals surface area contributed by atoms with E-state index in [-0.39, 0.29) is 33.4 Å². The highest BCUT2D eigenvalue weighted by molar-refractivity contribution is 7.90. The SMILES string of the molecule is CNC(=O)c1sc(NCCS(C)(=O)=O)c(C(N)=O)c1N.